The Bertz CT molecular complexity index is 1300. The number of pyridine rings is 2. The zero-order valence-corrected chi connectivity index (χ0v) is 20.4. The Kier molecular flexibility index (Phi) is 7.54. The molecule has 0 N–H and O–H groups in total. The number of hydrogen-bond donors (Lipinski definition) is 0. The molecule has 1 aromatic carbocycles. The average molecular weight is 487 g/mol. The third kappa shape index (κ3) is 5.72. The normalized spacial score (nSPS) is 13.9. The molecule has 0 bridgehead atoms. The van der Waals surface area contributed by atoms with Crippen LogP contribution in [0.5, 0.6) is 5.75 Å². The molecule has 0 aliphatic carbocycles. The van der Waals surface area contributed by atoms with Crippen LogP contribution in [0.2, 0.25) is 0 Å². The van der Waals surface area contributed by atoms with Crippen LogP contribution in [0.25, 0.3) is 11.0 Å². The Hall–Kier alpha value is -3.75. The van der Waals surface area contributed by atoms with Crippen molar-refractivity contribution < 1.29 is 13.9 Å². The molecule has 8 nitrogen and oxygen atoms in total. The smallest absolute Gasteiger partial charge is 0.200 e. The van der Waals surface area contributed by atoms with Gasteiger partial charge in [-0.1, -0.05) is 12.1 Å². The molecular formula is C28H30N4O4. The van der Waals surface area contributed by atoms with Gasteiger partial charge in [0.1, 0.15) is 17.9 Å². The molecule has 0 amide bonds. The van der Waals surface area contributed by atoms with Gasteiger partial charge in [-0.2, -0.15) is 0 Å². The highest BCUT2D eigenvalue weighted by atomic mass is 16.5. The van der Waals surface area contributed by atoms with Crippen LogP contribution in [-0.4, -0.2) is 54.3 Å². The molecule has 4 aromatic rings. The highest BCUT2D eigenvalue weighted by molar-refractivity contribution is 5.82. The summed E-state index contributed by atoms with van der Waals surface area (Å²) in [4.78, 5) is 26.0. The minimum Gasteiger partial charge on any atom is -0.492 e. The van der Waals surface area contributed by atoms with Crippen molar-refractivity contribution >= 4 is 16.9 Å². The lowest BCUT2D eigenvalue weighted by molar-refractivity contribution is 0.121. The van der Waals surface area contributed by atoms with Crippen molar-refractivity contribution in [1.82, 2.24) is 14.9 Å². The maximum absolute atomic E-state index is 12.8. The van der Waals surface area contributed by atoms with Crippen molar-refractivity contribution in [3.05, 3.63) is 94.2 Å². The van der Waals surface area contributed by atoms with Crippen LogP contribution < -0.4 is 15.1 Å². The maximum atomic E-state index is 12.8. The summed E-state index contributed by atoms with van der Waals surface area (Å²) < 4.78 is 17.8. The quantitative estimate of drug-likeness (QED) is 0.353. The third-order valence-electron chi connectivity index (χ3n) is 6.29. The molecule has 8 heteroatoms. The fourth-order valence-electron chi connectivity index (χ4n) is 4.36. The Morgan fingerprint density at radius 3 is 2.31 bits per heavy atom. The molecule has 1 aliphatic rings. The molecule has 1 fully saturated rings. The van der Waals surface area contributed by atoms with E-state index in [-0.39, 0.29) is 5.43 Å². The van der Waals surface area contributed by atoms with E-state index in [1.165, 1.54) is 0 Å². The summed E-state index contributed by atoms with van der Waals surface area (Å²) in [5.74, 6) is 1.29. The Labute approximate surface area is 210 Å². The molecule has 0 unspecified atom stereocenters. The van der Waals surface area contributed by atoms with E-state index in [2.05, 4.69) is 14.9 Å². The van der Waals surface area contributed by atoms with Crippen molar-refractivity contribution in [3.8, 4) is 5.75 Å². The largest absolute Gasteiger partial charge is 0.492 e. The second-order valence-electron chi connectivity index (χ2n) is 8.81. The van der Waals surface area contributed by atoms with Gasteiger partial charge < -0.3 is 18.8 Å². The van der Waals surface area contributed by atoms with E-state index in [0.29, 0.717) is 75.1 Å². The van der Waals surface area contributed by atoms with E-state index in [1.807, 2.05) is 66.7 Å². The summed E-state index contributed by atoms with van der Waals surface area (Å²) in [5.41, 5.74) is 3.32. The average Bonchev–Trinajstić information content (AvgIpc) is 2.92. The molecule has 36 heavy (non-hydrogen) atoms. The zero-order chi connectivity index (χ0) is 24.7. The molecule has 3 aromatic heterocycles. The van der Waals surface area contributed by atoms with E-state index in [9.17, 15) is 4.79 Å². The standard InChI is InChI=1S/C28H30N4O4/c1-21-26(9-8-24-25(33)18-27(36-28(21)24)32-13-15-34-16-14-32)35-17-12-31(19-22-6-2-4-10-29-22)20-23-7-3-5-11-30-23/h2-11,18H,12-17,19-20H2,1H3. The lowest BCUT2D eigenvalue weighted by atomic mass is 10.1. The van der Waals surface area contributed by atoms with Crippen molar-refractivity contribution in [2.45, 2.75) is 20.0 Å². The van der Waals surface area contributed by atoms with Gasteiger partial charge in [-0.15, -0.1) is 0 Å². The lowest BCUT2D eigenvalue weighted by Crippen LogP contribution is -2.36. The number of ether oxygens (including phenoxy) is 2. The van der Waals surface area contributed by atoms with Crippen LogP contribution in [0.1, 0.15) is 17.0 Å². The van der Waals surface area contributed by atoms with E-state index in [0.717, 1.165) is 17.0 Å². The van der Waals surface area contributed by atoms with Gasteiger partial charge in [-0.3, -0.25) is 19.7 Å². The van der Waals surface area contributed by atoms with E-state index in [4.69, 9.17) is 13.9 Å². The third-order valence-corrected chi connectivity index (χ3v) is 6.29. The SMILES string of the molecule is Cc1c(OCCN(Cc2ccccn2)Cc2ccccn2)ccc2c(=O)cc(N3CCOCC3)oc12. The number of benzene rings is 1. The van der Waals surface area contributed by atoms with Crippen LogP contribution in [0, 0.1) is 6.92 Å². The Balaban J connectivity index is 1.31. The molecule has 4 heterocycles. The first-order chi connectivity index (χ1) is 17.7. The first kappa shape index (κ1) is 24.0. The predicted octanol–water partition coefficient (Wildman–Crippen LogP) is 3.81. The fraction of sp³-hybridized carbons (Fsp3) is 0.321. The van der Waals surface area contributed by atoms with Gasteiger partial charge in [-0.25, -0.2) is 0 Å². The van der Waals surface area contributed by atoms with Gasteiger partial charge in [0, 0.05) is 56.7 Å². The monoisotopic (exact) mass is 486 g/mol. The van der Waals surface area contributed by atoms with Crippen molar-refractivity contribution in [3.63, 3.8) is 0 Å². The van der Waals surface area contributed by atoms with Crippen LogP contribution in [0.4, 0.5) is 5.88 Å². The van der Waals surface area contributed by atoms with Crippen LogP contribution >= 0.6 is 0 Å². The minimum absolute atomic E-state index is 0.0516. The predicted molar refractivity (Wildman–Crippen MR) is 138 cm³/mol. The first-order valence-electron chi connectivity index (χ1n) is 12.2. The lowest BCUT2D eigenvalue weighted by Gasteiger charge is -2.27. The summed E-state index contributed by atoms with van der Waals surface area (Å²) in [5, 5.41) is 0.559. The van der Waals surface area contributed by atoms with Gasteiger partial charge in [-0.05, 0) is 43.3 Å². The number of nitrogens with zero attached hydrogens (tertiary/aromatic N) is 4. The van der Waals surface area contributed by atoms with Gasteiger partial charge in [0.05, 0.1) is 30.0 Å². The minimum atomic E-state index is -0.0516. The zero-order valence-electron chi connectivity index (χ0n) is 20.4. The molecule has 0 spiro atoms. The van der Waals surface area contributed by atoms with Crippen molar-refractivity contribution in [2.24, 2.45) is 0 Å². The first-order valence-corrected chi connectivity index (χ1v) is 12.2. The molecule has 0 atom stereocenters. The van der Waals surface area contributed by atoms with Crippen LogP contribution in [0.15, 0.2) is 76.2 Å². The summed E-state index contributed by atoms with van der Waals surface area (Å²) in [6.45, 7) is 7.11. The van der Waals surface area contributed by atoms with E-state index in [1.54, 1.807) is 12.1 Å². The van der Waals surface area contributed by atoms with E-state index >= 15 is 0 Å². The van der Waals surface area contributed by atoms with Crippen LogP contribution in [-0.2, 0) is 17.8 Å². The highest BCUT2D eigenvalue weighted by Gasteiger charge is 2.18. The van der Waals surface area contributed by atoms with Crippen molar-refractivity contribution in [1.29, 1.82) is 0 Å². The number of rotatable bonds is 9. The number of aryl methyl sites for hydroxylation is 1. The van der Waals surface area contributed by atoms with E-state index < -0.39 is 0 Å². The Morgan fingerprint density at radius 1 is 0.972 bits per heavy atom. The molecular weight excluding hydrogens is 456 g/mol. The van der Waals surface area contributed by atoms with Gasteiger partial charge in [0.15, 0.2) is 11.3 Å². The number of hydrogen-bond acceptors (Lipinski definition) is 8. The van der Waals surface area contributed by atoms with Gasteiger partial charge >= 0.3 is 0 Å². The molecule has 1 aliphatic heterocycles. The van der Waals surface area contributed by atoms with Crippen LogP contribution in [0.3, 0.4) is 0 Å². The summed E-state index contributed by atoms with van der Waals surface area (Å²) in [6, 6.07) is 17.1. The maximum Gasteiger partial charge on any atom is 0.200 e. The summed E-state index contributed by atoms with van der Waals surface area (Å²) in [7, 11) is 0. The van der Waals surface area contributed by atoms with Crippen molar-refractivity contribution in [2.75, 3.05) is 44.4 Å². The molecule has 5 rings (SSSR count). The van der Waals surface area contributed by atoms with Gasteiger partial charge in [0.2, 0.25) is 0 Å². The fourth-order valence-corrected chi connectivity index (χ4v) is 4.36. The molecule has 0 radical (unpaired) electrons. The second kappa shape index (κ2) is 11.3. The van der Waals surface area contributed by atoms with Gasteiger partial charge in [0.25, 0.3) is 0 Å². The number of morpholine rings is 1. The number of fused-ring (bicyclic) bond motifs is 1. The summed E-state index contributed by atoms with van der Waals surface area (Å²) in [6.07, 6.45) is 3.62. The molecule has 186 valence electrons. The molecule has 1 saturated heterocycles. The highest BCUT2D eigenvalue weighted by Crippen LogP contribution is 2.29. The Morgan fingerprint density at radius 2 is 1.67 bits per heavy atom. The molecule has 0 saturated carbocycles. The topological polar surface area (TPSA) is 80.9 Å². The number of anilines is 1. The summed E-state index contributed by atoms with van der Waals surface area (Å²) >= 11 is 0. The number of aromatic nitrogens is 2. The second-order valence-corrected chi connectivity index (χ2v) is 8.81.